The van der Waals surface area contributed by atoms with E-state index < -0.39 is 0 Å². The molecule has 17 heavy (non-hydrogen) atoms. The predicted octanol–water partition coefficient (Wildman–Crippen LogP) is 2.15. The Morgan fingerprint density at radius 3 is 2.53 bits per heavy atom. The van der Waals surface area contributed by atoms with E-state index in [-0.39, 0.29) is 0 Å². The first-order valence-corrected chi connectivity index (χ1v) is 6.05. The van der Waals surface area contributed by atoms with Gasteiger partial charge in [-0.1, -0.05) is 0 Å². The Labute approximate surface area is 103 Å². The highest BCUT2D eigenvalue weighted by atomic mass is 16.5. The third-order valence-corrected chi connectivity index (χ3v) is 2.57. The minimum absolute atomic E-state index is 0.373. The topological polar surface area (TPSA) is 50.3 Å². The van der Waals surface area contributed by atoms with Crippen LogP contribution in [0.2, 0.25) is 0 Å². The number of rotatable bonds is 6. The number of aromatic nitrogens is 2. The summed E-state index contributed by atoms with van der Waals surface area (Å²) in [5, 5.41) is 3.18. The van der Waals surface area contributed by atoms with Crippen molar-refractivity contribution in [3.8, 4) is 5.75 Å². The zero-order valence-corrected chi connectivity index (χ0v) is 11.3. The summed E-state index contributed by atoms with van der Waals surface area (Å²) in [4.78, 5) is 10.7. The normalized spacial score (nSPS) is 10.5. The molecule has 1 aromatic heterocycles. The van der Waals surface area contributed by atoms with Crippen LogP contribution in [0, 0.1) is 0 Å². The molecule has 1 rings (SSSR count). The molecule has 96 valence electrons. The number of nitrogens with one attached hydrogen (secondary N) is 1. The summed E-state index contributed by atoms with van der Waals surface area (Å²) < 4.78 is 5.43. The van der Waals surface area contributed by atoms with Crippen LogP contribution in [0.15, 0.2) is 6.33 Å². The van der Waals surface area contributed by atoms with E-state index in [0.29, 0.717) is 11.8 Å². The van der Waals surface area contributed by atoms with Crippen LogP contribution < -0.4 is 15.0 Å². The second-order valence-corrected chi connectivity index (χ2v) is 3.99. The van der Waals surface area contributed by atoms with Crippen LogP contribution in [0.25, 0.3) is 0 Å². The van der Waals surface area contributed by atoms with Crippen LogP contribution in [-0.4, -0.2) is 36.2 Å². The fraction of sp³-hybridized carbons (Fsp3) is 0.667. The van der Waals surface area contributed by atoms with Gasteiger partial charge in [-0.15, -0.1) is 0 Å². The minimum atomic E-state index is 0.373. The summed E-state index contributed by atoms with van der Waals surface area (Å²) in [5.74, 6) is 2.31. The van der Waals surface area contributed by atoms with E-state index in [4.69, 9.17) is 4.74 Å². The average molecular weight is 238 g/mol. The Hall–Kier alpha value is -1.52. The summed E-state index contributed by atoms with van der Waals surface area (Å²) >= 11 is 0. The average Bonchev–Trinajstić information content (AvgIpc) is 2.30. The number of anilines is 2. The van der Waals surface area contributed by atoms with Crippen LogP contribution in [-0.2, 0) is 0 Å². The first kappa shape index (κ1) is 13.5. The fourth-order valence-corrected chi connectivity index (χ4v) is 1.81. The molecule has 0 bridgehead atoms. The Bertz CT molecular complexity index is 354. The van der Waals surface area contributed by atoms with Gasteiger partial charge in [0.25, 0.3) is 0 Å². The van der Waals surface area contributed by atoms with E-state index >= 15 is 0 Å². The van der Waals surface area contributed by atoms with Crippen LogP contribution >= 0.6 is 0 Å². The first-order chi connectivity index (χ1) is 8.15. The van der Waals surface area contributed by atoms with Gasteiger partial charge in [-0.05, 0) is 27.7 Å². The molecule has 1 aromatic rings. The van der Waals surface area contributed by atoms with Gasteiger partial charge in [0.2, 0.25) is 5.75 Å². The van der Waals surface area contributed by atoms with Gasteiger partial charge in [-0.2, -0.15) is 0 Å². The molecule has 1 N–H and O–H groups in total. The lowest BCUT2D eigenvalue weighted by Crippen LogP contribution is -2.31. The van der Waals surface area contributed by atoms with E-state index in [2.05, 4.69) is 41.0 Å². The predicted molar refractivity (Wildman–Crippen MR) is 70.9 cm³/mol. The molecule has 0 aliphatic carbocycles. The molecule has 5 nitrogen and oxygen atoms in total. The van der Waals surface area contributed by atoms with Crippen LogP contribution in [0.1, 0.15) is 27.7 Å². The summed E-state index contributed by atoms with van der Waals surface area (Å²) in [7, 11) is 1.65. The molecule has 0 saturated heterocycles. The van der Waals surface area contributed by atoms with Crippen LogP contribution in [0.4, 0.5) is 11.6 Å². The lowest BCUT2D eigenvalue weighted by atomic mass is 10.3. The molecular formula is C12H22N4O. The van der Waals surface area contributed by atoms with Crippen molar-refractivity contribution >= 4 is 11.6 Å². The van der Waals surface area contributed by atoms with Gasteiger partial charge in [-0.3, -0.25) is 0 Å². The molecule has 0 aliphatic heterocycles. The lowest BCUT2D eigenvalue weighted by Gasteiger charge is -2.28. The van der Waals surface area contributed by atoms with Crippen molar-refractivity contribution in [3.05, 3.63) is 6.33 Å². The maximum absolute atomic E-state index is 5.43. The molecule has 0 saturated carbocycles. The molecule has 0 aliphatic rings. The number of hydrogen-bond acceptors (Lipinski definition) is 5. The zero-order chi connectivity index (χ0) is 12.8. The van der Waals surface area contributed by atoms with Crippen molar-refractivity contribution in [2.24, 2.45) is 0 Å². The Morgan fingerprint density at radius 2 is 2.06 bits per heavy atom. The Morgan fingerprint density at radius 1 is 1.35 bits per heavy atom. The van der Waals surface area contributed by atoms with Gasteiger partial charge in [0.1, 0.15) is 6.33 Å². The Balaban J connectivity index is 3.17. The number of hydrogen-bond donors (Lipinski definition) is 1. The van der Waals surface area contributed by atoms with Crippen molar-refractivity contribution in [2.45, 2.75) is 33.7 Å². The van der Waals surface area contributed by atoms with Gasteiger partial charge < -0.3 is 15.0 Å². The molecule has 0 aromatic carbocycles. The number of ether oxygens (including phenoxy) is 1. The fourth-order valence-electron chi connectivity index (χ4n) is 1.81. The molecule has 0 radical (unpaired) electrons. The highest BCUT2D eigenvalue weighted by Gasteiger charge is 2.18. The van der Waals surface area contributed by atoms with Gasteiger partial charge in [0.05, 0.1) is 7.11 Å². The van der Waals surface area contributed by atoms with Gasteiger partial charge in [0.15, 0.2) is 11.6 Å². The molecule has 0 fully saturated rings. The third-order valence-electron chi connectivity index (χ3n) is 2.57. The maximum atomic E-state index is 5.43. The summed E-state index contributed by atoms with van der Waals surface area (Å²) in [5.41, 5.74) is 0. The van der Waals surface area contributed by atoms with E-state index in [0.717, 1.165) is 24.7 Å². The number of nitrogens with zero attached hydrogens (tertiary/aromatic N) is 3. The second-order valence-electron chi connectivity index (χ2n) is 3.99. The van der Waals surface area contributed by atoms with Crippen molar-refractivity contribution in [1.82, 2.24) is 9.97 Å². The van der Waals surface area contributed by atoms with E-state index in [1.54, 1.807) is 13.4 Å². The molecule has 0 atom stereocenters. The van der Waals surface area contributed by atoms with Gasteiger partial charge >= 0.3 is 0 Å². The van der Waals surface area contributed by atoms with E-state index in [1.807, 2.05) is 6.92 Å². The molecule has 5 heteroatoms. The molecule has 0 amide bonds. The van der Waals surface area contributed by atoms with Crippen molar-refractivity contribution in [3.63, 3.8) is 0 Å². The maximum Gasteiger partial charge on any atom is 0.204 e. The van der Waals surface area contributed by atoms with Gasteiger partial charge in [-0.25, -0.2) is 9.97 Å². The molecule has 0 spiro atoms. The van der Waals surface area contributed by atoms with Crippen molar-refractivity contribution in [2.75, 3.05) is 30.4 Å². The molecule has 1 heterocycles. The van der Waals surface area contributed by atoms with Gasteiger partial charge in [0, 0.05) is 19.1 Å². The Kier molecular flexibility index (Phi) is 5.00. The van der Waals surface area contributed by atoms with Crippen molar-refractivity contribution < 1.29 is 4.74 Å². The number of methoxy groups -OCH3 is 1. The highest BCUT2D eigenvalue weighted by Crippen LogP contribution is 2.32. The molecular weight excluding hydrogens is 216 g/mol. The third kappa shape index (κ3) is 2.99. The summed E-state index contributed by atoms with van der Waals surface area (Å²) in [6.45, 7) is 10.1. The highest BCUT2D eigenvalue weighted by molar-refractivity contribution is 5.64. The largest absolute Gasteiger partial charge is 0.490 e. The monoisotopic (exact) mass is 238 g/mol. The SMILES string of the molecule is CCNc1ncnc(N(CC)C(C)C)c1OC. The van der Waals surface area contributed by atoms with Crippen molar-refractivity contribution in [1.29, 1.82) is 0 Å². The minimum Gasteiger partial charge on any atom is -0.490 e. The standard InChI is InChI=1S/C12H22N4O/c1-6-13-11-10(17-5)12(15-8-14-11)16(7-2)9(3)4/h8-9H,6-7H2,1-5H3,(H,13,14,15). The van der Waals surface area contributed by atoms with Crippen LogP contribution in [0.5, 0.6) is 5.75 Å². The van der Waals surface area contributed by atoms with Crippen LogP contribution in [0.3, 0.4) is 0 Å². The van der Waals surface area contributed by atoms with E-state index in [9.17, 15) is 0 Å². The second kappa shape index (κ2) is 6.27. The smallest absolute Gasteiger partial charge is 0.204 e. The zero-order valence-electron chi connectivity index (χ0n) is 11.3. The summed E-state index contributed by atoms with van der Waals surface area (Å²) in [6, 6.07) is 0.373. The molecule has 0 unspecified atom stereocenters. The first-order valence-electron chi connectivity index (χ1n) is 6.05. The lowest BCUT2D eigenvalue weighted by molar-refractivity contribution is 0.411. The quantitative estimate of drug-likeness (QED) is 0.823. The van der Waals surface area contributed by atoms with E-state index in [1.165, 1.54) is 0 Å². The summed E-state index contributed by atoms with van der Waals surface area (Å²) in [6.07, 6.45) is 1.57.